The number of esters is 1. The normalized spacial score (nSPS) is 20.0. The van der Waals surface area contributed by atoms with Crippen LogP contribution in [0.4, 0.5) is 4.79 Å². The molecule has 2 unspecified atom stereocenters. The molecule has 0 aliphatic carbocycles. The summed E-state index contributed by atoms with van der Waals surface area (Å²) < 4.78 is 9.84. The number of aliphatic carboxylic acids is 1. The van der Waals surface area contributed by atoms with Crippen LogP contribution in [0.25, 0.3) is 0 Å². The number of rotatable bonds is 5. The average molecular weight is 373 g/mol. The predicted octanol–water partition coefficient (Wildman–Crippen LogP) is 0.271. The Morgan fingerprint density at radius 1 is 1.27 bits per heavy atom. The number of carboxylic acid groups (broad SMARTS) is 1. The van der Waals surface area contributed by atoms with Gasteiger partial charge in [0.1, 0.15) is 11.6 Å². The highest BCUT2D eigenvalue weighted by Gasteiger charge is 2.39. The van der Waals surface area contributed by atoms with Crippen molar-refractivity contribution in [3.05, 3.63) is 0 Å². The van der Waals surface area contributed by atoms with Crippen molar-refractivity contribution in [1.82, 2.24) is 15.8 Å². The lowest BCUT2D eigenvalue weighted by Gasteiger charge is -2.34. The first kappa shape index (κ1) is 21.7. The summed E-state index contributed by atoms with van der Waals surface area (Å²) >= 11 is 0. The number of carbonyl (C=O) groups is 4. The number of amides is 2. The zero-order valence-corrected chi connectivity index (χ0v) is 15.5. The third-order valence-electron chi connectivity index (χ3n) is 3.67. The molecule has 1 fully saturated rings. The molecular weight excluding hydrogens is 346 g/mol. The number of carbonyl (C=O) groups excluding carboxylic acids is 3. The van der Waals surface area contributed by atoms with Gasteiger partial charge in [-0.2, -0.15) is 0 Å². The fourth-order valence-electron chi connectivity index (χ4n) is 2.56. The number of hydrazine groups is 1. The van der Waals surface area contributed by atoms with Crippen molar-refractivity contribution in [3.63, 3.8) is 0 Å². The molecular formula is C16H27N3O7. The Balaban J connectivity index is 2.92. The molecule has 0 radical (unpaired) electrons. The molecule has 2 atom stereocenters. The van der Waals surface area contributed by atoms with Crippen LogP contribution >= 0.6 is 0 Å². The van der Waals surface area contributed by atoms with Gasteiger partial charge in [-0.1, -0.05) is 0 Å². The molecule has 0 spiro atoms. The highest BCUT2D eigenvalue weighted by molar-refractivity contribution is 5.89. The number of nitrogens with one attached hydrogen (secondary N) is 2. The number of hydrogen-bond acceptors (Lipinski definition) is 7. The van der Waals surface area contributed by atoms with E-state index in [-0.39, 0.29) is 13.0 Å². The summed E-state index contributed by atoms with van der Waals surface area (Å²) in [6.07, 6.45) is -0.119. The van der Waals surface area contributed by atoms with E-state index in [9.17, 15) is 19.2 Å². The van der Waals surface area contributed by atoms with Crippen LogP contribution in [0.15, 0.2) is 0 Å². The molecule has 0 bridgehead atoms. The first-order valence-corrected chi connectivity index (χ1v) is 8.39. The molecule has 0 saturated carbocycles. The molecule has 26 heavy (non-hydrogen) atoms. The van der Waals surface area contributed by atoms with Gasteiger partial charge in [0.15, 0.2) is 0 Å². The molecule has 148 valence electrons. The Morgan fingerprint density at radius 3 is 2.46 bits per heavy atom. The zero-order valence-electron chi connectivity index (χ0n) is 15.5. The molecule has 2 amide bonds. The first-order chi connectivity index (χ1) is 12.0. The molecule has 10 heteroatoms. The minimum Gasteiger partial charge on any atom is -0.481 e. The van der Waals surface area contributed by atoms with Gasteiger partial charge in [0.05, 0.1) is 26.0 Å². The van der Waals surface area contributed by atoms with Crippen molar-refractivity contribution in [2.75, 3.05) is 20.2 Å². The van der Waals surface area contributed by atoms with E-state index in [0.717, 1.165) is 5.01 Å². The minimum atomic E-state index is -1.13. The summed E-state index contributed by atoms with van der Waals surface area (Å²) in [6.45, 7) is 5.23. The number of carboxylic acids is 1. The predicted molar refractivity (Wildman–Crippen MR) is 89.9 cm³/mol. The Morgan fingerprint density at radius 2 is 1.92 bits per heavy atom. The Kier molecular flexibility index (Phi) is 7.81. The summed E-state index contributed by atoms with van der Waals surface area (Å²) in [5, 5.41) is 12.7. The van der Waals surface area contributed by atoms with Crippen LogP contribution in [0, 0.1) is 5.92 Å². The second-order valence-corrected chi connectivity index (χ2v) is 6.95. The van der Waals surface area contributed by atoms with Crippen molar-refractivity contribution in [2.45, 2.75) is 51.7 Å². The van der Waals surface area contributed by atoms with E-state index in [1.165, 1.54) is 7.11 Å². The van der Waals surface area contributed by atoms with Gasteiger partial charge >= 0.3 is 18.0 Å². The Bertz CT molecular complexity index is 544. The van der Waals surface area contributed by atoms with Crippen LogP contribution in [0.2, 0.25) is 0 Å². The van der Waals surface area contributed by atoms with Gasteiger partial charge in [-0.05, 0) is 40.2 Å². The number of nitrogens with zero attached hydrogens (tertiary/aromatic N) is 1. The van der Waals surface area contributed by atoms with Gasteiger partial charge < -0.3 is 19.9 Å². The largest absolute Gasteiger partial charge is 0.481 e. The fourth-order valence-corrected chi connectivity index (χ4v) is 2.56. The van der Waals surface area contributed by atoms with E-state index in [4.69, 9.17) is 14.6 Å². The summed E-state index contributed by atoms with van der Waals surface area (Å²) in [5.74, 6) is -3.00. The summed E-state index contributed by atoms with van der Waals surface area (Å²) in [5.41, 5.74) is 1.48. The molecule has 1 aliphatic rings. The maximum absolute atomic E-state index is 12.8. The van der Waals surface area contributed by atoms with Crippen molar-refractivity contribution in [1.29, 1.82) is 0 Å². The minimum absolute atomic E-state index is 0.264. The molecule has 3 N–H and O–H groups in total. The summed E-state index contributed by atoms with van der Waals surface area (Å²) in [4.78, 5) is 47.6. The molecule has 0 aromatic heterocycles. The molecule has 1 heterocycles. The SMILES string of the molecule is COC(=O)C1CCCNC1C(=O)N(CCC(=O)O)NC(=O)OC(C)(C)C. The zero-order chi connectivity index (χ0) is 19.9. The highest BCUT2D eigenvalue weighted by atomic mass is 16.6. The molecule has 10 nitrogen and oxygen atoms in total. The highest BCUT2D eigenvalue weighted by Crippen LogP contribution is 2.20. The first-order valence-electron chi connectivity index (χ1n) is 8.39. The number of hydrogen-bond donors (Lipinski definition) is 3. The Hall–Kier alpha value is -2.36. The lowest BCUT2D eigenvalue weighted by atomic mass is 9.90. The van der Waals surface area contributed by atoms with Crippen LogP contribution in [-0.2, 0) is 23.9 Å². The van der Waals surface area contributed by atoms with Crippen molar-refractivity contribution >= 4 is 23.9 Å². The van der Waals surface area contributed by atoms with Crippen LogP contribution in [0.3, 0.4) is 0 Å². The van der Waals surface area contributed by atoms with Crippen LogP contribution < -0.4 is 10.7 Å². The maximum Gasteiger partial charge on any atom is 0.426 e. The molecule has 1 saturated heterocycles. The van der Waals surface area contributed by atoms with Gasteiger partial charge in [-0.25, -0.2) is 15.2 Å². The molecule has 1 rings (SSSR count). The molecule has 1 aliphatic heterocycles. The van der Waals surface area contributed by atoms with E-state index in [2.05, 4.69) is 10.7 Å². The fraction of sp³-hybridized carbons (Fsp3) is 0.750. The third-order valence-corrected chi connectivity index (χ3v) is 3.67. The summed E-state index contributed by atoms with van der Waals surface area (Å²) in [7, 11) is 1.24. The van der Waals surface area contributed by atoms with Gasteiger partial charge in [-0.15, -0.1) is 0 Å². The Labute approximate surface area is 152 Å². The maximum atomic E-state index is 12.8. The van der Waals surface area contributed by atoms with Gasteiger partial charge in [0.25, 0.3) is 5.91 Å². The average Bonchev–Trinajstić information content (AvgIpc) is 2.55. The smallest absolute Gasteiger partial charge is 0.426 e. The quantitative estimate of drug-likeness (QED) is 0.462. The molecule has 0 aromatic carbocycles. The van der Waals surface area contributed by atoms with E-state index >= 15 is 0 Å². The second-order valence-electron chi connectivity index (χ2n) is 6.95. The van der Waals surface area contributed by atoms with Gasteiger partial charge in [-0.3, -0.25) is 14.4 Å². The monoisotopic (exact) mass is 373 g/mol. The van der Waals surface area contributed by atoms with Crippen LogP contribution in [-0.4, -0.2) is 65.9 Å². The number of methoxy groups -OCH3 is 1. The summed E-state index contributed by atoms with van der Waals surface area (Å²) in [6, 6.07) is -0.917. The second kappa shape index (κ2) is 9.37. The van der Waals surface area contributed by atoms with E-state index < -0.39 is 41.5 Å². The van der Waals surface area contributed by atoms with Crippen LogP contribution in [0.5, 0.6) is 0 Å². The topological polar surface area (TPSA) is 134 Å². The van der Waals surface area contributed by atoms with E-state index in [1.54, 1.807) is 20.8 Å². The van der Waals surface area contributed by atoms with Crippen molar-refractivity contribution in [3.8, 4) is 0 Å². The molecule has 0 aromatic rings. The van der Waals surface area contributed by atoms with E-state index in [0.29, 0.717) is 19.4 Å². The van der Waals surface area contributed by atoms with E-state index in [1.807, 2.05) is 0 Å². The lowest BCUT2D eigenvalue weighted by molar-refractivity contribution is -0.153. The van der Waals surface area contributed by atoms with Crippen molar-refractivity contribution < 1.29 is 33.8 Å². The van der Waals surface area contributed by atoms with Gasteiger partial charge in [0.2, 0.25) is 0 Å². The van der Waals surface area contributed by atoms with Gasteiger partial charge in [0, 0.05) is 0 Å². The standard InChI is InChI=1S/C16H27N3O7/c1-16(2,3)26-15(24)18-19(9-7-11(20)21)13(22)12-10(14(23)25-4)6-5-8-17-12/h10,12,17H,5-9H2,1-4H3,(H,18,24)(H,20,21). The number of piperidine rings is 1. The third kappa shape index (κ3) is 6.87. The van der Waals surface area contributed by atoms with Crippen molar-refractivity contribution in [2.24, 2.45) is 5.92 Å². The van der Waals surface area contributed by atoms with Crippen LogP contribution in [0.1, 0.15) is 40.0 Å². The number of ether oxygens (including phenoxy) is 2. The lowest BCUT2D eigenvalue weighted by Crippen LogP contribution is -2.59.